The van der Waals surface area contributed by atoms with Gasteiger partial charge in [-0.05, 0) is 5.92 Å². The van der Waals surface area contributed by atoms with E-state index in [9.17, 15) is 10.1 Å². The molecule has 0 amide bonds. The zero-order chi connectivity index (χ0) is 13.5. The topological polar surface area (TPSA) is 116 Å². The fourth-order valence-corrected chi connectivity index (χ4v) is 1.21. The van der Waals surface area contributed by atoms with E-state index in [1.165, 1.54) is 0 Å². The number of anilines is 2. The van der Waals surface area contributed by atoms with E-state index >= 15 is 0 Å². The van der Waals surface area contributed by atoms with Gasteiger partial charge in [0.15, 0.2) is 0 Å². The number of hydrogen-bond acceptors (Lipinski definition) is 7. The van der Waals surface area contributed by atoms with Gasteiger partial charge in [0.1, 0.15) is 6.20 Å². The SMILES string of the molecule is CC(C)COCCNc1nc(N)ncc1[N+](=O)[O-]. The molecule has 3 N–H and O–H groups in total. The smallest absolute Gasteiger partial charge is 0.329 e. The average molecular weight is 255 g/mol. The van der Waals surface area contributed by atoms with Crippen LogP contribution >= 0.6 is 0 Å². The molecule has 1 aromatic heterocycles. The molecule has 0 unspecified atom stereocenters. The van der Waals surface area contributed by atoms with E-state index < -0.39 is 4.92 Å². The molecule has 0 aliphatic rings. The Morgan fingerprint density at radius 2 is 2.33 bits per heavy atom. The number of nitrogens with one attached hydrogen (secondary N) is 1. The third-order valence-electron chi connectivity index (χ3n) is 1.97. The minimum absolute atomic E-state index is 0.00815. The number of aromatic nitrogens is 2. The molecule has 0 bridgehead atoms. The Balaban J connectivity index is 2.50. The van der Waals surface area contributed by atoms with Gasteiger partial charge in [-0.1, -0.05) is 13.8 Å². The molecule has 1 rings (SSSR count). The number of ether oxygens (including phenoxy) is 1. The number of nitro groups is 1. The first-order chi connectivity index (χ1) is 8.50. The van der Waals surface area contributed by atoms with Crippen LogP contribution < -0.4 is 11.1 Å². The van der Waals surface area contributed by atoms with E-state index in [-0.39, 0.29) is 17.5 Å². The maximum Gasteiger partial charge on any atom is 0.329 e. The fraction of sp³-hybridized carbons (Fsp3) is 0.600. The minimum Gasteiger partial charge on any atom is -0.379 e. The molecule has 18 heavy (non-hydrogen) atoms. The highest BCUT2D eigenvalue weighted by molar-refractivity contribution is 5.56. The van der Waals surface area contributed by atoms with Crippen molar-refractivity contribution in [2.45, 2.75) is 13.8 Å². The summed E-state index contributed by atoms with van der Waals surface area (Å²) in [6.07, 6.45) is 1.08. The van der Waals surface area contributed by atoms with Crippen molar-refractivity contribution in [3.05, 3.63) is 16.3 Å². The van der Waals surface area contributed by atoms with Crippen molar-refractivity contribution in [2.75, 3.05) is 30.8 Å². The standard InChI is InChI=1S/C10H17N5O3/c1-7(2)6-18-4-3-12-9-8(15(16)17)5-13-10(11)14-9/h5,7H,3-4,6H2,1-2H3,(H3,11,12,13,14). The van der Waals surface area contributed by atoms with E-state index in [4.69, 9.17) is 10.5 Å². The lowest BCUT2D eigenvalue weighted by Crippen LogP contribution is -2.14. The van der Waals surface area contributed by atoms with Crippen molar-refractivity contribution >= 4 is 17.5 Å². The highest BCUT2D eigenvalue weighted by atomic mass is 16.6. The summed E-state index contributed by atoms with van der Waals surface area (Å²) in [4.78, 5) is 17.5. The van der Waals surface area contributed by atoms with Crippen molar-refractivity contribution in [1.29, 1.82) is 0 Å². The summed E-state index contributed by atoms with van der Waals surface area (Å²) in [7, 11) is 0. The molecule has 0 fully saturated rings. The van der Waals surface area contributed by atoms with Gasteiger partial charge in [0.05, 0.1) is 11.5 Å². The van der Waals surface area contributed by atoms with Gasteiger partial charge in [-0.3, -0.25) is 10.1 Å². The second-order valence-corrected chi connectivity index (χ2v) is 4.11. The molecular weight excluding hydrogens is 238 g/mol. The van der Waals surface area contributed by atoms with Crippen LogP contribution in [0, 0.1) is 16.0 Å². The Morgan fingerprint density at radius 1 is 1.61 bits per heavy atom. The maximum atomic E-state index is 10.7. The molecule has 0 spiro atoms. The fourth-order valence-electron chi connectivity index (χ4n) is 1.21. The first-order valence-corrected chi connectivity index (χ1v) is 5.59. The molecule has 1 aromatic rings. The predicted octanol–water partition coefficient (Wildman–Crippen LogP) is 1.05. The molecule has 0 radical (unpaired) electrons. The largest absolute Gasteiger partial charge is 0.379 e. The van der Waals surface area contributed by atoms with Gasteiger partial charge in [-0.25, -0.2) is 4.98 Å². The monoisotopic (exact) mass is 255 g/mol. The molecule has 0 aromatic carbocycles. The number of rotatable bonds is 7. The molecule has 0 saturated carbocycles. The molecule has 0 atom stereocenters. The third-order valence-corrected chi connectivity index (χ3v) is 1.97. The van der Waals surface area contributed by atoms with E-state index in [1.807, 2.05) is 13.8 Å². The zero-order valence-corrected chi connectivity index (χ0v) is 10.4. The van der Waals surface area contributed by atoms with Crippen LogP contribution in [0.4, 0.5) is 17.5 Å². The lowest BCUT2D eigenvalue weighted by Gasteiger charge is -2.08. The summed E-state index contributed by atoms with van der Waals surface area (Å²) < 4.78 is 5.34. The lowest BCUT2D eigenvalue weighted by molar-refractivity contribution is -0.384. The zero-order valence-electron chi connectivity index (χ0n) is 10.4. The Hall–Kier alpha value is -1.96. The van der Waals surface area contributed by atoms with Gasteiger partial charge in [0.2, 0.25) is 11.8 Å². The van der Waals surface area contributed by atoms with Crippen LogP contribution in [0.1, 0.15) is 13.8 Å². The molecule has 0 aliphatic heterocycles. The summed E-state index contributed by atoms with van der Waals surface area (Å²) >= 11 is 0. The van der Waals surface area contributed by atoms with Crippen molar-refractivity contribution < 1.29 is 9.66 Å². The molecule has 0 saturated heterocycles. The summed E-state index contributed by atoms with van der Waals surface area (Å²) in [5, 5.41) is 13.5. The van der Waals surface area contributed by atoms with Crippen molar-refractivity contribution in [3.63, 3.8) is 0 Å². The van der Waals surface area contributed by atoms with Gasteiger partial charge < -0.3 is 15.8 Å². The van der Waals surface area contributed by atoms with Crippen LogP contribution in [0.3, 0.4) is 0 Å². The molecule has 1 heterocycles. The third kappa shape index (κ3) is 4.50. The summed E-state index contributed by atoms with van der Waals surface area (Å²) in [5.74, 6) is 0.556. The van der Waals surface area contributed by atoms with Gasteiger partial charge >= 0.3 is 5.69 Å². The van der Waals surface area contributed by atoms with Crippen molar-refractivity contribution in [1.82, 2.24) is 9.97 Å². The minimum atomic E-state index is -0.559. The second kappa shape index (κ2) is 6.70. The van der Waals surface area contributed by atoms with Crippen LogP contribution in [0.25, 0.3) is 0 Å². The van der Waals surface area contributed by atoms with Crippen LogP contribution in [0.5, 0.6) is 0 Å². The van der Waals surface area contributed by atoms with Gasteiger partial charge in [0.25, 0.3) is 0 Å². The van der Waals surface area contributed by atoms with E-state index in [2.05, 4.69) is 15.3 Å². The van der Waals surface area contributed by atoms with Crippen LogP contribution in [-0.2, 0) is 4.74 Å². The second-order valence-electron chi connectivity index (χ2n) is 4.11. The van der Waals surface area contributed by atoms with E-state index in [0.29, 0.717) is 25.7 Å². The van der Waals surface area contributed by atoms with E-state index in [1.54, 1.807) is 0 Å². The Labute approximate surface area is 105 Å². The van der Waals surface area contributed by atoms with Crippen LogP contribution in [0.2, 0.25) is 0 Å². The highest BCUT2D eigenvalue weighted by Crippen LogP contribution is 2.20. The number of nitrogens with zero attached hydrogens (tertiary/aromatic N) is 3. The number of nitrogen functional groups attached to an aromatic ring is 1. The Morgan fingerprint density at radius 3 is 2.94 bits per heavy atom. The molecular formula is C10H17N5O3. The molecule has 0 aliphatic carbocycles. The van der Waals surface area contributed by atoms with Gasteiger partial charge in [-0.15, -0.1) is 0 Å². The highest BCUT2D eigenvalue weighted by Gasteiger charge is 2.15. The normalized spacial score (nSPS) is 10.6. The maximum absolute atomic E-state index is 10.7. The number of nitrogens with two attached hydrogens (primary N) is 1. The lowest BCUT2D eigenvalue weighted by atomic mass is 10.2. The average Bonchev–Trinajstić information content (AvgIpc) is 2.27. The van der Waals surface area contributed by atoms with Crippen LogP contribution in [0.15, 0.2) is 6.20 Å². The van der Waals surface area contributed by atoms with Crippen molar-refractivity contribution in [2.24, 2.45) is 5.92 Å². The molecule has 100 valence electrons. The summed E-state index contributed by atoms with van der Waals surface area (Å²) in [6, 6.07) is 0. The predicted molar refractivity (Wildman–Crippen MR) is 67.2 cm³/mol. The van der Waals surface area contributed by atoms with Gasteiger partial charge in [-0.2, -0.15) is 4.98 Å². The van der Waals surface area contributed by atoms with Crippen molar-refractivity contribution in [3.8, 4) is 0 Å². The Bertz CT molecular complexity index is 410. The molecule has 8 heteroatoms. The summed E-state index contributed by atoms with van der Waals surface area (Å²) in [5.41, 5.74) is 5.18. The quantitative estimate of drug-likeness (QED) is 0.425. The van der Waals surface area contributed by atoms with Crippen LogP contribution in [-0.4, -0.2) is 34.6 Å². The first kappa shape index (κ1) is 14.1. The first-order valence-electron chi connectivity index (χ1n) is 5.59. The van der Waals surface area contributed by atoms with Gasteiger partial charge in [0, 0.05) is 13.2 Å². The Kier molecular flexibility index (Phi) is 5.25. The molecule has 8 nitrogen and oxygen atoms in total. The summed E-state index contributed by atoms with van der Waals surface area (Å²) in [6.45, 7) is 5.60. The van der Waals surface area contributed by atoms with E-state index in [0.717, 1.165) is 6.20 Å². The number of hydrogen-bond donors (Lipinski definition) is 2.